The van der Waals surface area contributed by atoms with Gasteiger partial charge in [-0.05, 0) is 24.1 Å². The Morgan fingerprint density at radius 2 is 2.00 bits per heavy atom. The number of likely N-dealkylation sites (N-methyl/N-ethyl adjacent to an activating group) is 1. The van der Waals surface area contributed by atoms with E-state index in [1.54, 1.807) is 0 Å². The van der Waals surface area contributed by atoms with Crippen LogP contribution in [0.2, 0.25) is 0 Å². The van der Waals surface area contributed by atoms with Gasteiger partial charge in [0.25, 0.3) is 5.91 Å². The number of rotatable bonds is 4. The second-order valence-corrected chi connectivity index (χ2v) is 3.29. The van der Waals surface area contributed by atoms with Gasteiger partial charge in [0.05, 0.1) is 0 Å². The van der Waals surface area contributed by atoms with E-state index >= 15 is 0 Å². The summed E-state index contributed by atoms with van der Waals surface area (Å²) < 4.78 is 5.26. The fraction of sp³-hybridized carbons (Fsp3) is 0.364. The lowest BCUT2D eigenvalue weighted by molar-refractivity contribution is -0.132. The number of hydrazine groups is 1. The number of ether oxygens (including phenoxy) is 1. The van der Waals surface area contributed by atoms with E-state index in [-0.39, 0.29) is 12.5 Å². The molecule has 0 atom stereocenters. The van der Waals surface area contributed by atoms with E-state index in [9.17, 15) is 4.79 Å². The van der Waals surface area contributed by atoms with Crippen LogP contribution in [0.25, 0.3) is 0 Å². The fourth-order valence-corrected chi connectivity index (χ4v) is 1.07. The standard InChI is InChI=1S/C11H16N2O2/c1-3-9-4-6-10(7-5-9)15-8-11(14)13(2)12/h4-7H,3,8,12H2,1-2H3. The predicted octanol–water partition coefficient (Wildman–Crippen LogP) is 0.960. The van der Waals surface area contributed by atoms with Crippen LogP contribution in [-0.4, -0.2) is 24.6 Å². The van der Waals surface area contributed by atoms with Crippen LogP contribution in [0, 0.1) is 0 Å². The van der Waals surface area contributed by atoms with Crippen molar-refractivity contribution in [2.45, 2.75) is 13.3 Å². The molecule has 0 fully saturated rings. The van der Waals surface area contributed by atoms with Crippen LogP contribution in [0.4, 0.5) is 0 Å². The van der Waals surface area contributed by atoms with Gasteiger partial charge in [0.15, 0.2) is 6.61 Å². The van der Waals surface area contributed by atoms with E-state index in [1.165, 1.54) is 12.6 Å². The summed E-state index contributed by atoms with van der Waals surface area (Å²) in [6.07, 6.45) is 0.991. The van der Waals surface area contributed by atoms with Crippen LogP contribution in [0.3, 0.4) is 0 Å². The first-order valence-electron chi connectivity index (χ1n) is 4.86. The normalized spacial score (nSPS) is 9.80. The van der Waals surface area contributed by atoms with E-state index in [2.05, 4.69) is 6.92 Å². The molecule has 1 amide bonds. The Hall–Kier alpha value is -1.55. The largest absolute Gasteiger partial charge is 0.484 e. The highest BCUT2D eigenvalue weighted by atomic mass is 16.5. The molecule has 0 heterocycles. The molecule has 0 bridgehead atoms. The molecule has 0 unspecified atom stereocenters. The molecule has 0 aliphatic rings. The van der Waals surface area contributed by atoms with Gasteiger partial charge in [-0.25, -0.2) is 5.84 Å². The summed E-state index contributed by atoms with van der Waals surface area (Å²) in [6.45, 7) is 2.06. The summed E-state index contributed by atoms with van der Waals surface area (Å²) in [7, 11) is 1.49. The molecule has 82 valence electrons. The first-order valence-corrected chi connectivity index (χ1v) is 4.86. The Labute approximate surface area is 89.6 Å². The van der Waals surface area contributed by atoms with Crippen LogP contribution < -0.4 is 10.6 Å². The summed E-state index contributed by atoms with van der Waals surface area (Å²) in [6, 6.07) is 7.66. The van der Waals surface area contributed by atoms with E-state index in [0.29, 0.717) is 5.75 Å². The molecule has 0 aromatic heterocycles. The van der Waals surface area contributed by atoms with Crippen molar-refractivity contribution in [2.75, 3.05) is 13.7 Å². The van der Waals surface area contributed by atoms with Crippen LogP contribution in [0.1, 0.15) is 12.5 Å². The topological polar surface area (TPSA) is 55.6 Å². The van der Waals surface area contributed by atoms with Gasteiger partial charge in [0.2, 0.25) is 0 Å². The van der Waals surface area contributed by atoms with Gasteiger partial charge >= 0.3 is 0 Å². The monoisotopic (exact) mass is 208 g/mol. The maximum atomic E-state index is 11.1. The fourth-order valence-electron chi connectivity index (χ4n) is 1.07. The minimum atomic E-state index is -0.255. The zero-order valence-corrected chi connectivity index (χ0v) is 9.06. The average Bonchev–Trinajstić information content (AvgIpc) is 2.26. The summed E-state index contributed by atoms with van der Waals surface area (Å²) in [4.78, 5) is 11.1. The molecule has 1 aromatic rings. The van der Waals surface area contributed by atoms with Gasteiger partial charge in [-0.3, -0.25) is 9.80 Å². The van der Waals surface area contributed by atoms with E-state index in [1.807, 2.05) is 24.3 Å². The summed E-state index contributed by atoms with van der Waals surface area (Å²) in [5, 5.41) is 1.01. The third-order valence-corrected chi connectivity index (χ3v) is 2.09. The van der Waals surface area contributed by atoms with Gasteiger partial charge in [0, 0.05) is 7.05 Å². The van der Waals surface area contributed by atoms with Crippen molar-refractivity contribution in [3.63, 3.8) is 0 Å². The first-order chi connectivity index (χ1) is 7.13. The second-order valence-electron chi connectivity index (χ2n) is 3.29. The molecular weight excluding hydrogens is 192 g/mol. The zero-order valence-electron chi connectivity index (χ0n) is 9.06. The van der Waals surface area contributed by atoms with Crippen LogP contribution >= 0.6 is 0 Å². The molecule has 4 nitrogen and oxygen atoms in total. The van der Waals surface area contributed by atoms with Gasteiger partial charge in [0.1, 0.15) is 5.75 Å². The van der Waals surface area contributed by atoms with Crippen molar-refractivity contribution in [3.05, 3.63) is 29.8 Å². The second kappa shape index (κ2) is 5.36. The molecule has 0 radical (unpaired) electrons. The number of hydrogen-bond acceptors (Lipinski definition) is 3. The predicted molar refractivity (Wildman–Crippen MR) is 58.3 cm³/mol. The van der Waals surface area contributed by atoms with Crippen LogP contribution in [-0.2, 0) is 11.2 Å². The highest BCUT2D eigenvalue weighted by Gasteiger charge is 2.04. The van der Waals surface area contributed by atoms with Crippen molar-refractivity contribution >= 4 is 5.91 Å². The molecule has 0 saturated carbocycles. The molecule has 2 N–H and O–H groups in total. The zero-order chi connectivity index (χ0) is 11.3. The van der Waals surface area contributed by atoms with E-state index in [4.69, 9.17) is 10.6 Å². The number of aryl methyl sites for hydroxylation is 1. The Kier molecular flexibility index (Phi) is 4.12. The van der Waals surface area contributed by atoms with Gasteiger partial charge in [-0.2, -0.15) is 0 Å². The highest BCUT2D eigenvalue weighted by Crippen LogP contribution is 2.12. The molecule has 0 spiro atoms. The Balaban J connectivity index is 2.47. The maximum Gasteiger partial charge on any atom is 0.274 e. The lowest BCUT2D eigenvalue weighted by Gasteiger charge is -2.11. The van der Waals surface area contributed by atoms with Crippen molar-refractivity contribution in [2.24, 2.45) is 5.84 Å². The number of nitrogens with two attached hydrogens (primary N) is 1. The quantitative estimate of drug-likeness (QED) is 0.455. The number of amides is 1. The van der Waals surface area contributed by atoms with Crippen molar-refractivity contribution in [1.29, 1.82) is 0 Å². The maximum absolute atomic E-state index is 11.1. The molecule has 0 aliphatic carbocycles. The SMILES string of the molecule is CCc1ccc(OCC(=O)N(C)N)cc1. The van der Waals surface area contributed by atoms with Gasteiger partial charge < -0.3 is 4.74 Å². The Morgan fingerprint density at radius 1 is 1.40 bits per heavy atom. The van der Waals surface area contributed by atoms with Gasteiger partial charge in [-0.15, -0.1) is 0 Å². The number of nitrogens with zero attached hydrogens (tertiary/aromatic N) is 1. The molecule has 0 saturated heterocycles. The average molecular weight is 208 g/mol. The number of benzene rings is 1. The number of carbonyl (C=O) groups excluding carboxylic acids is 1. The van der Waals surface area contributed by atoms with E-state index < -0.39 is 0 Å². The lowest BCUT2D eigenvalue weighted by Crippen LogP contribution is -2.36. The number of hydrogen-bond donors (Lipinski definition) is 1. The molecule has 4 heteroatoms. The molecule has 15 heavy (non-hydrogen) atoms. The van der Waals surface area contributed by atoms with Crippen LogP contribution in [0.5, 0.6) is 5.75 Å². The lowest BCUT2D eigenvalue weighted by atomic mass is 10.2. The van der Waals surface area contributed by atoms with Gasteiger partial charge in [-0.1, -0.05) is 19.1 Å². The molecular formula is C11H16N2O2. The summed E-state index contributed by atoms with van der Waals surface area (Å²) in [5.41, 5.74) is 1.24. The molecule has 1 rings (SSSR count). The van der Waals surface area contributed by atoms with Crippen molar-refractivity contribution < 1.29 is 9.53 Å². The van der Waals surface area contributed by atoms with Crippen molar-refractivity contribution in [3.8, 4) is 5.75 Å². The smallest absolute Gasteiger partial charge is 0.274 e. The van der Waals surface area contributed by atoms with E-state index in [0.717, 1.165) is 11.4 Å². The van der Waals surface area contributed by atoms with Crippen LogP contribution in [0.15, 0.2) is 24.3 Å². The summed E-state index contributed by atoms with van der Waals surface area (Å²) >= 11 is 0. The third kappa shape index (κ3) is 3.59. The Morgan fingerprint density at radius 3 is 2.47 bits per heavy atom. The minimum Gasteiger partial charge on any atom is -0.484 e. The minimum absolute atomic E-state index is 0.0293. The third-order valence-electron chi connectivity index (χ3n) is 2.09. The van der Waals surface area contributed by atoms with Crippen molar-refractivity contribution in [1.82, 2.24) is 5.01 Å². The Bertz CT molecular complexity index is 320. The number of carbonyl (C=O) groups is 1. The first kappa shape index (κ1) is 11.5. The highest BCUT2D eigenvalue weighted by molar-refractivity contribution is 5.76. The molecule has 0 aliphatic heterocycles. The summed E-state index contributed by atoms with van der Waals surface area (Å²) in [5.74, 6) is 5.68. The molecule has 1 aromatic carbocycles.